The van der Waals surface area contributed by atoms with Gasteiger partial charge in [0.05, 0.1) is 18.2 Å². The first kappa shape index (κ1) is 30.8. The van der Waals surface area contributed by atoms with Crippen molar-refractivity contribution in [1.82, 2.24) is 9.80 Å². The summed E-state index contributed by atoms with van der Waals surface area (Å²) in [5.41, 5.74) is 6.17. The number of ether oxygens (including phenoxy) is 2. The number of benzene rings is 5. The van der Waals surface area contributed by atoms with Crippen LogP contribution in [0.1, 0.15) is 33.9 Å². The fraction of sp³-hybridized carbons (Fsp3) is 0.268. The van der Waals surface area contributed by atoms with Gasteiger partial charge in [-0.2, -0.15) is 0 Å². The van der Waals surface area contributed by atoms with Gasteiger partial charge in [-0.05, 0) is 46.4 Å². The van der Waals surface area contributed by atoms with Gasteiger partial charge in [0.1, 0.15) is 12.4 Å². The molecule has 5 aromatic rings. The van der Waals surface area contributed by atoms with E-state index in [4.69, 9.17) is 9.47 Å². The van der Waals surface area contributed by atoms with Crippen LogP contribution >= 0.6 is 11.8 Å². The third-order valence-corrected chi connectivity index (χ3v) is 10.6. The molecule has 7 rings (SSSR count). The van der Waals surface area contributed by atoms with Crippen molar-refractivity contribution in [3.8, 4) is 5.75 Å². The Kier molecular flexibility index (Phi) is 9.83. The average Bonchev–Trinajstić information content (AvgIpc) is 3.60. The zero-order valence-electron chi connectivity index (χ0n) is 26.3. The van der Waals surface area contributed by atoms with Crippen molar-refractivity contribution in [2.75, 3.05) is 45.3 Å². The summed E-state index contributed by atoms with van der Waals surface area (Å²) in [4.78, 5) is 5.13. The normalized spacial score (nSPS) is 19.2. The molecule has 0 aliphatic carbocycles. The van der Waals surface area contributed by atoms with Crippen LogP contribution in [0.15, 0.2) is 146 Å². The fourth-order valence-electron chi connectivity index (χ4n) is 7.04. The second-order valence-electron chi connectivity index (χ2n) is 12.2. The topological polar surface area (TPSA) is 24.9 Å². The molecule has 2 aliphatic rings. The molecule has 5 heteroatoms. The summed E-state index contributed by atoms with van der Waals surface area (Å²) >= 11 is 2.07. The summed E-state index contributed by atoms with van der Waals surface area (Å²) in [7, 11) is 0. The Morgan fingerprint density at radius 2 is 1.24 bits per heavy atom. The molecule has 2 saturated heterocycles. The maximum absolute atomic E-state index is 6.19. The Morgan fingerprint density at radius 1 is 0.674 bits per heavy atom. The predicted molar refractivity (Wildman–Crippen MR) is 189 cm³/mol. The zero-order valence-corrected chi connectivity index (χ0v) is 27.1. The van der Waals surface area contributed by atoms with E-state index in [0.717, 1.165) is 50.8 Å². The predicted octanol–water partition coefficient (Wildman–Crippen LogP) is 8.05. The lowest BCUT2D eigenvalue weighted by molar-refractivity contribution is -0.0329. The first-order valence-electron chi connectivity index (χ1n) is 16.4. The van der Waals surface area contributed by atoms with Gasteiger partial charge in [0.15, 0.2) is 0 Å². The molecule has 234 valence electrons. The second kappa shape index (κ2) is 14.7. The van der Waals surface area contributed by atoms with E-state index in [1.54, 1.807) is 0 Å². The summed E-state index contributed by atoms with van der Waals surface area (Å²) in [6.07, 6.45) is 1.17. The van der Waals surface area contributed by atoms with Gasteiger partial charge in [-0.15, -0.1) is 11.8 Å². The van der Waals surface area contributed by atoms with Gasteiger partial charge >= 0.3 is 0 Å². The molecule has 0 amide bonds. The van der Waals surface area contributed by atoms with Crippen LogP contribution in [-0.4, -0.2) is 60.3 Å². The standard InChI is InChI=1S/C41H42N2O2S/c1-5-13-34(14-6-1)40-31-42(26-28-45-40)25-27-44-38-23-21-33(22-24-38)29-39-30-43(32-46-39)41(35-15-7-2-8-16-35,36-17-9-3-10-18-36)37-19-11-4-12-20-37/h1-24,39-40H,25-32H2. The van der Waals surface area contributed by atoms with Gasteiger partial charge in [-0.25, -0.2) is 0 Å². The Labute approximate surface area is 278 Å². The van der Waals surface area contributed by atoms with Gasteiger partial charge < -0.3 is 9.47 Å². The van der Waals surface area contributed by atoms with E-state index in [2.05, 4.69) is 167 Å². The lowest BCUT2D eigenvalue weighted by Gasteiger charge is -2.43. The molecule has 2 heterocycles. The Morgan fingerprint density at radius 3 is 1.83 bits per heavy atom. The highest BCUT2D eigenvalue weighted by Gasteiger charge is 2.45. The van der Waals surface area contributed by atoms with Gasteiger partial charge in [0.2, 0.25) is 0 Å². The van der Waals surface area contributed by atoms with Crippen LogP contribution in [0.5, 0.6) is 5.75 Å². The minimum absolute atomic E-state index is 0.136. The molecule has 0 aromatic heterocycles. The van der Waals surface area contributed by atoms with Crippen LogP contribution in [0.25, 0.3) is 0 Å². The number of rotatable bonds is 11. The molecule has 0 bridgehead atoms. The molecular formula is C41H42N2O2S. The maximum Gasteiger partial charge on any atom is 0.119 e. The van der Waals surface area contributed by atoms with Crippen LogP contribution in [0.3, 0.4) is 0 Å². The number of nitrogens with zero attached hydrogens (tertiary/aromatic N) is 2. The summed E-state index contributed by atoms with van der Waals surface area (Å²) < 4.78 is 12.2. The van der Waals surface area contributed by atoms with E-state index in [1.165, 1.54) is 27.8 Å². The molecule has 0 N–H and O–H groups in total. The van der Waals surface area contributed by atoms with Crippen LogP contribution in [0, 0.1) is 0 Å². The van der Waals surface area contributed by atoms with Crippen LogP contribution in [0.2, 0.25) is 0 Å². The van der Waals surface area contributed by atoms with Crippen molar-refractivity contribution in [3.05, 3.63) is 173 Å². The molecule has 0 radical (unpaired) electrons. The Hall–Kier alpha value is -3.87. The molecule has 5 aromatic carbocycles. The highest BCUT2D eigenvalue weighted by molar-refractivity contribution is 8.00. The monoisotopic (exact) mass is 626 g/mol. The molecular weight excluding hydrogens is 585 g/mol. The molecule has 4 nitrogen and oxygen atoms in total. The zero-order chi connectivity index (χ0) is 31.0. The SMILES string of the molecule is c1ccc(C2CN(CCOc3ccc(CC4CN(C(c5ccccc5)(c5ccccc5)c5ccccc5)CS4)cc3)CCO2)cc1. The van der Waals surface area contributed by atoms with Crippen molar-refractivity contribution in [1.29, 1.82) is 0 Å². The molecule has 2 unspecified atom stereocenters. The maximum atomic E-state index is 6.19. The Balaban J connectivity index is 0.996. The third kappa shape index (κ3) is 6.79. The summed E-state index contributed by atoms with van der Waals surface area (Å²) in [6, 6.07) is 52.4. The van der Waals surface area contributed by atoms with Crippen molar-refractivity contribution in [3.63, 3.8) is 0 Å². The molecule has 2 aliphatic heterocycles. The van der Waals surface area contributed by atoms with E-state index >= 15 is 0 Å². The van der Waals surface area contributed by atoms with Crippen molar-refractivity contribution in [2.24, 2.45) is 0 Å². The summed E-state index contributed by atoms with van der Waals surface area (Å²) in [6.45, 7) is 5.19. The number of thioether (sulfide) groups is 1. The molecule has 46 heavy (non-hydrogen) atoms. The average molecular weight is 627 g/mol. The van der Waals surface area contributed by atoms with Crippen LogP contribution in [-0.2, 0) is 16.7 Å². The highest BCUT2D eigenvalue weighted by atomic mass is 32.2. The summed E-state index contributed by atoms with van der Waals surface area (Å²) in [5, 5.41) is 0.501. The van der Waals surface area contributed by atoms with Crippen molar-refractivity contribution >= 4 is 11.8 Å². The van der Waals surface area contributed by atoms with E-state index in [1.807, 2.05) is 0 Å². The van der Waals surface area contributed by atoms with Crippen LogP contribution < -0.4 is 4.74 Å². The second-order valence-corrected chi connectivity index (χ2v) is 13.5. The third-order valence-electron chi connectivity index (χ3n) is 9.32. The van der Waals surface area contributed by atoms with Gasteiger partial charge in [0, 0.05) is 37.3 Å². The van der Waals surface area contributed by atoms with Gasteiger partial charge in [-0.1, -0.05) is 133 Å². The molecule has 0 saturated carbocycles. The molecule has 0 spiro atoms. The number of morpholine rings is 1. The fourth-order valence-corrected chi connectivity index (χ4v) is 8.33. The first-order chi connectivity index (χ1) is 22.8. The van der Waals surface area contributed by atoms with E-state index < -0.39 is 0 Å². The van der Waals surface area contributed by atoms with Crippen molar-refractivity contribution in [2.45, 2.75) is 23.3 Å². The highest BCUT2D eigenvalue weighted by Crippen LogP contribution is 2.46. The minimum atomic E-state index is -0.356. The first-order valence-corrected chi connectivity index (χ1v) is 17.5. The van der Waals surface area contributed by atoms with E-state index in [-0.39, 0.29) is 11.6 Å². The number of hydrogen-bond acceptors (Lipinski definition) is 5. The molecule has 2 atom stereocenters. The number of hydrogen-bond donors (Lipinski definition) is 0. The smallest absolute Gasteiger partial charge is 0.119 e. The van der Waals surface area contributed by atoms with E-state index in [9.17, 15) is 0 Å². The minimum Gasteiger partial charge on any atom is -0.492 e. The van der Waals surface area contributed by atoms with Crippen LogP contribution in [0.4, 0.5) is 0 Å². The van der Waals surface area contributed by atoms with E-state index in [0.29, 0.717) is 11.9 Å². The lowest BCUT2D eigenvalue weighted by atomic mass is 9.75. The van der Waals surface area contributed by atoms with Gasteiger partial charge in [-0.3, -0.25) is 9.80 Å². The largest absolute Gasteiger partial charge is 0.492 e. The lowest BCUT2D eigenvalue weighted by Crippen LogP contribution is -2.47. The quantitative estimate of drug-likeness (QED) is 0.138. The van der Waals surface area contributed by atoms with Gasteiger partial charge in [0.25, 0.3) is 0 Å². The van der Waals surface area contributed by atoms with Crippen molar-refractivity contribution < 1.29 is 9.47 Å². The summed E-state index contributed by atoms with van der Waals surface area (Å²) in [5.74, 6) is 1.91. The Bertz CT molecular complexity index is 1540. The molecule has 2 fully saturated rings.